The van der Waals surface area contributed by atoms with Gasteiger partial charge in [0.15, 0.2) is 11.5 Å². The van der Waals surface area contributed by atoms with E-state index >= 15 is 0 Å². The molecular formula is C19H15N3O. The van der Waals surface area contributed by atoms with Crippen LogP contribution in [-0.4, -0.2) is 19.6 Å². The van der Waals surface area contributed by atoms with Crippen molar-refractivity contribution in [2.45, 2.75) is 6.92 Å². The van der Waals surface area contributed by atoms with Crippen LogP contribution in [0.15, 0.2) is 66.9 Å². The van der Waals surface area contributed by atoms with Gasteiger partial charge < -0.3 is 5.11 Å². The van der Waals surface area contributed by atoms with Crippen molar-refractivity contribution in [1.82, 2.24) is 14.5 Å². The van der Waals surface area contributed by atoms with Crippen molar-refractivity contribution in [2.75, 3.05) is 0 Å². The summed E-state index contributed by atoms with van der Waals surface area (Å²) in [7, 11) is 0. The Bertz CT molecular complexity index is 1000. The Kier molecular flexibility index (Phi) is 3.08. The number of phenols is 1. The lowest BCUT2D eigenvalue weighted by molar-refractivity contribution is 0.477. The van der Waals surface area contributed by atoms with Crippen LogP contribution in [0.4, 0.5) is 0 Å². The molecular weight excluding hydrogens is 286 g/mol. The first-order valence-corrected chi connectivity index (χ1v) is 7.43. The van der Waals surface area contributed by atoms with Crippen molar-refractivity contribution in [3.05, 3.63) is 72.4 Å². The van der Waals surface area contributed by atoms with Gasteiger partial charge in [-0.05, 0) is 42.8 Å². The van der Waals surface area contributed by atoms with E-state index in [4.69, 9.17) is 4.98 Å². The maximum Gasteiger partial charge on any atom is 0.164 e. The number of hydrogen-bond donors (Lipinski definition) is 1. The topological polar surface area (TPSA) is 50.9 Å². The monoisotopic (exact) mass is 301 g/mol. The molecule has 0 atom stereocenters. The molecule has 2 aromatic carbocycles. The molecule has 23 heavy (non-hydrogen) atoms. The van der Waals surface area contributed by atoms with Gasteiger partial charge in [-0.2, -0.15) is 0 Å². The Labute approximate surface area is 133 Å². The van der Waals surface area contributed by atoms with Gasteiger partial charge in [0.25, 0.3) is 0 Å². The van der Waals surface area contributed by atoms with Gasteiger partial charge in [0.2, 0.25) is 0 Å². The van der Waals surface area contributed by atoms with E-state index in [0.29, 0.717) is 11.4 Å². The SMILES string of the molecule is Cc1ccccc1-n1c(-c2ccccc2O)nc2cccnc21. The fraction of sp³-hybridized carbons (Fsp3) is 0.0526. The van der Waals surface area contributed by atoms with Crippen LogP contribution in [0.1, 0.15) is 5.56 Å². The highest BCUT2D eigenvalue weighted by molar-refractivity contribution is 5.81. The van der Waals surface area contributed by atoms with Gasteiger partial charge in [0.05, 0.1) is 11.3 Å². The highest BCUT2D eigenvalue weighted by Crippen LogP contribution is 2.33. The van der Waals surface area contributed by atoms with E-state index in [9.17, 15) is 5.11 Å². The third-order valence-electron chi connectivity index (χ3n) is 3.92. The van der Waals surface area contributed by atoms with Gasteiger partial charge in [-0.1, -0.05) is 30.3 Å². The van der Waals surface area contributed by atoms with Crippen LogP contribution in [0.2, 0.25) is 0 Å². The smallest absolute Gasteiger partial charge is 0.164 e. The summed E-state index contributed by atoms with van der Waals surface area (Å²) in [4.78, 5) is 9.20. The number of benzene rings is 2. The molecule has 0 saturated carbocycles. The first-order valence-electron chi connectivity index (χ1n) is 7.43. The molecule has 112 valence electrons. The zero-order valence-electron chi connectivity index (χ0n) is 12.6. The van der Waals surface area contributed by atoms with Gasteiger partial charge in [-0.25, -0.2) is 9.97 Å². The number of imidazole rings is 1. The zero-order valence-corrected chi connectivity index (χ0v) is 12.6. The number of aromatic hydroxyl groups is 1. The fourth-order valence-electron chi connectivity index (χ4n) is 2.80. The summed E-state index contributed by atoms with van der Waals surface area (Å²) in [6.07, 6.45) is 1.76. The van der Waals surface area contributed by atoms with E-state index in [-0.39, 0.29) is 5.75 Å². The average molecular weight is 301 g/mol. The lowest BCUT2D eigenvalue weighted by Crippen LogP contribution is -2.00. The number of hydrogen-bond acceptors (Lipinski definition) is 3. The van der Waals surface area contributed by atoms with Crippen LogP contribution in [-0.2, 0) is 0 Å². The second-order valence-corrected chi connectivity index (χ2v) is 5.42. The van der Waals surface area contributed by atoms with Crippen LogP contribution < -0.4 is 0 Å². The summed E-state index contributed by atoms with van der Waals surface area (Å²) in [6, 6.07) is 19.1. The number of aromatic nitrogens is 3. The van der Waals surface area contributed by atoms with E-state index in [2.05, 4.69) is 18.0 Å². The predicted octanol–water partition coefficient (Wildman–Crippen LogP) is 4.10. The van der Waals surface area contributed by atoms with Crippen molar-refractivity contribution in [2.24, 2.45) is 0 Å². The molecule has 0 saturated heterocycles. The fourth-order valence-corrected chi connectivity index (χ4v) is 2.80. The molecule has 0 aliphatic heterocycles. The molecule has 4 nitrogen and oxygen atoms in total. The molecule has 0 bridgehead atoms. The molecule has 0 aliphatic rings. The molecule has 0 spiro atoms. The summed E-state index contributed by atoms with van der Waals surface area (Å²) in [6.45, 7) is 2.05. The Balaban J connectivity index is 2.12. The molecule has 2 aromatic heterocycles. The van der Waals surface area contributed by atoms with E-state index < -0.39 is 0 Å². The molecule has 0 unspecified atom stereocenters. The molecule has 1 N–H and O–H groups in total. The largest absolute Gasteiger partial charge is 0.507 e. The number of nitrogens with zero attached hydrogens (tertiary/aromatic N) is 3. The first-order chi connectivity index (χ1) is 11.3. The van der Waals surface area contributed by atoms with Crippen molar-refractivity contribution in [1.29, 1.82) is 0 Å². The Hall–Kier alpha value is -3.14. The minimum Gasteiger partial charge on any atom is -0.507 e. The highest BCUT2D eigenvalue weighted by Gasteiger charge is 2.18. The number of rotatable bonds is 2. The number of pyridine rings is 1. The normalized spacial score (nSPS) is 11.0. The number of fused-ring (bicyclic) bond motifs is 1. The quantitative estimate of drug-likeness (QED) is 0.606. The zero-order chi connectivity index (χ0) is 15.8. The average Bonchev–Trinajstić information content (AvgIpc) is 2.95. The maximum absolute atomic E-state index is 10.3. The number of aryl methyl sites for hydroxylation is 1. The molecule has 0 aliphatic carbocycles. The number of phenolic OH excluding ortho intramolecular Hbond substituents is 1. The van der Waals surface area contributed by atoms with Crippen LogP contribution in [0.3, 0.4) is 0 Å². The van der Waals surface area contributed by atoms with Gasteiger partial charge in [0.1, 0.15) is 11.3 Å². The minimum atomic E-state index is 0.206. The third kappa shape index (κ3) is 2.16. The van der Waals surface area contributed by atoms with Gasteiger partial charge in [-0.3, -0.25) is 4.57 Å². The third-order valence-corrected chi connectivity index (χ3v) is 3.92. The molecule has 0 amide bonds. The van der Waals surface area contributed by atoms with Gasteiger partial charge in [-0.15, -0.1) is 0 Å². The molecule has 4 heteroatoms. The predicted molar refractivity (Wildman–Crippen MR) is 90.7 cm³/mol. The second-order valence-electron chi connectivity index (χ2n) is 5.42. The Morgan fingerprint density at radius 3 is 2.52 bits per heavy atom. The number of para-hydroxylation sites is 2. The minimum absolute atomic E-state index is 0.206. The lowest BCUT2D eigenvalue weighted by Gasteiger charge is -2.12. The lowest BCUT2D eigenvalue weighted by atomic mass is 10.1. The van der Waals surface area contributed by atoms with Crippen LogP contribution >= 0.6 is 0 Å². The summed E-state index contributed by atoms with van der Waals surface area (Å²) in [5.74, 6) is 0.892. The van der Waals surface area contributed by atoms with E-state index in [1.807, 2.05) is 47.0 Å². The van der Waals surface area contributed by atoms with Crippen molar-refractivity contribution >= 4 is 11.2 Å². The van der Waals surface area contributed by atoms with Crippen molar-refractivity contribution in [3.63, 3.8) is 0 Å². The molecule has 4 aromatic rings. The van der Waals surface area contributed by atoms with E-state index in [0.717, 1.165) is 22.4 Å². The molecule has 0 fully saturated rings. The standard InChI is InChI=1S/C19H15N3O/c1-13-7-2-4-10-16(13)22-18(14-8-3-5-11-17(14)23)21-15-9-6-12-20-19(15)22/h2-12,23H,1H3. The van der Waals surface area contributed by atoms with Crippen LogP contribution in [0.5, 0.6) is 5.75 Å². The summed E-state index contributed by atoms with van der Waals surface area (Å²) >= 11 is 0. The Morgan fingerprint density at radius 1 is 0.913 bits per heavy atom. The molecule has 4 rings (SSSR count). The van der Waals surface area contributed by atoms with Crippen LogP contribution in [0.25, 0.3) is 28.2 Å². The van der Waals surface area contributed by atoms with Crippen molar-refractivity contribution < 1.29 is 5.11 Å². The highest BCUT2D eigenvalue weighted by atomic mass is 16.3. The van der Waals surface area contributed by atoms with Gasteiger partial charge >= 0.3 is 0 Å². The Morgan fingerprint density at radius 2 is 1.70 bits per heavy atom. The van der Waals surface area contributed by atoms with Gasteiger partial charge in [0, 0.05) is 6.20 Å². The van der Waals surface area contributed by atoms with Crippen molar-refractivity contribution in [3.8, 4) is 22.8 Å². The summed E-state index contributed by atoms with van der Waals surface area (Å²) in [5.41, 5.74) is 4.39. The summed E-state index contributed by atoms with van der Waals surface area (Å²) in [5, 5.41) is 10.3. The molecule has 0 radical (unpaired) electrons. The first kappa shape index (κ1) is 13.5. The molecule has 2 heterocycles. The summed E-state index contributed by atoms with van der Waals surface area (Å²) < 4.78 is 2.00. The maximum atomic E-state index is 10.3. The van der Waals surface area contributed by atoms with Crippen LogP contribution in [0, 0.1) is 6.92 Å². The second kappa shape index (κ2) is 5.25. The van der Waals surface area contributed by atoms with E-state index in [1.54, 1.807) is 18.3 Å². The van der Waals surface area contributed by atoms with E-state index in [1.165, 1.54) is 0 Å².